The zero-order chi connectivity index (χ0) is 13.6. The van der Waals surface area contributed by atoms with Gasteiger partial charge < -0.3 is 5.73 Å². The van der Waals surface area contributed by atoms with Crippen molar-refractivity contribution in [3.8, 4) is 0 Å². The van der Waals surface area contributed by atoms with Crippen molar-refractivity contribution in [1.29, 1.82) is 0 Å². The maximum atomic E-state index is 13.8. The molecule has 0 fully saturated rings. The van der Waals surface area contributed by atoms with Crippen LogP contribution in [0.4, 0.5) is 10.1 Å². The van der Waals surface area contributed by atoms with Crippen LogP contribution >= 0.6 is 15.9 Å². The predicted molar refractivity (Wildman–Crippen MR) is 77.4 cm³/mol. The van der Waals surface area contributed by atoms with Crippen LogP contribution in [0.1, 0.15) is 36.6 Å². The Morgan fingerprint density at radius 1 is 1.33 bits per heavy atom. The van der Waals surface area contributed by atoms with Crippen LogP contribution in [0.25, 0.3) is 10.9 Å². The highest BCUT2D eigenvalue weighted by Crippen LogP contribution is 2.37. The number of fused-ring (bicyclic) bond motifs is 1. The fourth-order valence-electron chi connectivity index (χ4n) is 2.42. The summed E-state index contributed by atoms with van der Waals surface area (Å²) in [5, 5.41) is 0.682. The van der Waals surface area contributed by atoms with Crippen molar-refractivity contribution < 1.29 is 4.39 Å². The van der Waals surface area contributed by atoms with Crippen LogP contribution in [0.5, 0.6) is 0 Å². The third-order valence-corrected chi connectivity index (χ3v) is 3.96. The van der Waals surface area contributed by atoms with Gasteiger partial charge in [-0.15, -0.1) is 0 Å². The standard InChI is InChI=1S/C14H16BrFN2/c1-6(2)10-8(4)18-14-7(3)5-9(16)12(15)11(14)13(10)17/h5-6H,1-4H3,(H2,17,18). The van der Waals surface area contributed by atoms with E-state index in [9.17, 15) is 4.39 Å². The number of aromatic nitrogens is 1. The summed E-state index contributed by atoms with van der Waals surface area (Å²) in [5.41, 5.74) is 10.3. The number of nitrogen functional groups attached to an aromatic ring is 1. The summed E-state index contributed by atoms with van der Waals surface area (Å²) >= 11 is 3.28. The van der Waals surface area contributed by atoms with Crippen LogP contribution in [-0.2, 0) is 0 Å². The zero-order valence-electron chi connectivity index (χ0n) is 10.9. The number of rotatable bonds is 1. The average Bonchev–Trinajstić information content (AvgIpc) is 2.25. The van der Waals surface area contributed by atoms with Crippen molar-refractivity contribution in [2.75, 3.05) is 5.73 Å². The lowest BCUT2D eigenvalue weighted by Gasteiger charge is -2.17. The smallest absolute Gasteiger partial charge is 0.138 e. The minimum atomic E-state index is -0.299. The van der Waals surface area contributed by atoms with Crippen molar-refractivity contribution in [2.45, 2.75) is 33.6 Å². The maximum Gasteiger partial charge on any atom is 0.138 e. The SMILES string of the molecule is Cc1nc2c(C)cc(F)c(Br)c2c(N)c1C(C)C. The molecule has 0 amide bonds. The molecule has 0 aliphatic rings. The third-order valence-electron chi connectivity index (χ3n) is 3.19. The van der Waals surface area contributed by atoms with Gasteiger partial charge >= 0.3 is 0 Å². The normalized spacial score (nSPS) is 11.5. The molecule has 0 aliphatic heterocycles. The van der Waals surface area contributed by atoms with E-state index < -0.39 is 0 Å². The van der Waals surface area contributed by atoms with E-state index in [1.54, 1.807) is 0 Å². The Morgan fingerprint density at radius 3 is 2.50 bits per heavy atom. The second-order valence-electron chi connectivity index (χ2n) is 4.89. The zero-order valence-corrected chi connectivity index (χ0v) is 12.5. The summed E-state index contributed by atoms with van der Waals surface area (Å²) in [5.74, 6) is -0.0376. The van der Waals surface area contributed by atoms with Crippen LogP contribution in [-0.4, -0.2) is 4.98 Å². The minimum Gasteiger partial charge on any atom is -0.398 e. The molecule has 1 aromatic carbocycles. The van der Waals surface area contributed by atoms with Gasteiger partial charge in [-0.3, -0.25) is 4.98 Å². The molecule has 96 valence electrons. The van der Waals surface area contributed by atoms with Gasteiger partial charge in [0.2, 0.25) is 0 Å². The minimum absolute atomic E-state index is 0.261. The number of nitrogens with zero attached hydrogens (tertiary/aromatic N) is 1. The lowest BCUT2D eigenvalue weighted by molar-refractivity contribution is 0.622. The van der Waals surface area contributed by atoms with Gasteiger partial charge in [-0.25, -0.2) is 4.39 Å². The molecular weight excluding hydrogens is 295 g/mol. The first-order valence-corrected chi connectivity index (χ1v) is 6.68. The molecule has 2 nitrogen and oxygen atoms in total. The summed E-state index contributed by atoms with van der Waals surface area (Å²) in [6, 6.07) is 1.48. The van der Waals surface area contributed by atoms with Gasteiger partial charge in [0.25, 0.3) is 0 Å². The lowest BCUT2D eigenvalue weighted by Crippen LogP contribution is -2.05. The van der Waals surface area contributed by atoms with Gasteiger partial charge in [0, 0.05) is 16.8 Å². The predicted octanol–water partition coefficient (Wildman–Crippen LogP) is 4.46. The van der Waals surface area contributed by atoms with Crippen LogP contribution in [0.2, 0.25) is 0 Å². The number of aryl methyl sites for hydroxylation is 2. The quantitative estimate of drug-likeness (QED) is 0.844. The fraction of sp³-hybridized carbons (Fsp3) is 0.357. The third kappa shape index (κ3) is 1.88. The molecule has 4 heteroatoms. The Hall–Kier alpha value is -1.16. The molecule has 0 saturated carbocycles. The Morgan fingerprint density at radius 2 is 1.94 bits per heavy atom. The van der Waals surface area contributed by atoms with Crippen LogP contribution in [0.15, 0.2) is 10.5 Å². The second-order valence-corrected chi connectivity index (χ2v) is 5.69. The molecule has 0 atom stereocenters. The van der Waals surface area contributed by atoms with Gasteiger partial charge in [0.1, 0.15) is 5.82 Å². The van der Waals surface area contributed by atoms with E-state index in [4.69, 9.17) is 5.73 Å². The summed E-state index contributed by atoms with van der Waals surface area (Å²) < 4.78 is 14.2. The molecule has 1 heterocycles. The summed E-state index contributed by atoms with van der Waals surface area (Å²) in [6.45, 7) is 7.92. The molecule has 2 rings (SSSR count). The number of pyridine rings is 1. The number of benzene rings is 1. The Balaban J connectivity index is 3.01. The highest BCUT2D eigenvalue weighted by atomic mass is 79.9. The van der Waals surface area contributed by atoms with E-state index >= 15 is 0 Å². The maximum absolute atomic E-state index is 13.8. The summed E-state index contributed by atoms with van der Waals surface area (Å²) in [7, 11) is 0. The first-order valence-electron chi connectivity index (χ1n) is 5.88. The van der Waals surface area contributed by atoms with Crippen molar-refractivity contribution >= 4 is 32.5 Å². The Kier molecular flexibility index (Phi) is 3.32. The molecule has 0 saturated heterocycles. The Bertz CT molecular complexity index is 636. The largest absolute Gasteiger partial charge is 0.398 e. The number of halogens is 2. The monoisotopic (exact) mass is 310 g/mol. The molecule has 2 N–H and O–H groups in total. The Labute approximate surface area is 115 Å². The van der Waals surface area contributed by atoms with E-state index in [2.05, 4.69) is 34.8 Å². The fourth-order valence-corrected chi connectivity index (χ4v) is 2.93. The van der Waals surface area contributed by atoms with E-state index in [0.717, 1.165) is 22.3 Å². The van der Waals surface area contributed by atoms with Gasteiger partial charge in [-0.2, -0.15) is 0 Å². The lowest BCUT2D eigenvalue weighted by atomic mass is 9.96. The van der Waals surface area contributed by atoms with Gasteiger partial charge in [-0.1, -0.05) is 13.8 Å². The van der Waals surface area contributed by atoms with E-state index in [0.29, 0.717) is 15.5 Å². The molecule has 0 bridgehead atoms. The summed E-state index contributed by atoms with van der Waals surface area (Å²) in [6.07, 6.45) is 0. The first-order chi connectivity index (χ1) is 8.34. The van der Waals surface area contributed by atoms with Crippen molar-refractivity contribution in [3.63, 3.8) is 0 Å². The first kappa shape index (κ1) is 13.3. The van der Waals surface area contributed by atoms with Crippen LogP contribution < -0.4 is 5.73 Å². The van der Waals surface area contributed by atoms with Crippen LogP contribution in [0, 0.1) is 19.7 Å². The summed E-state index contributed by atoms with van der Waals surface area (Å²) in [4.78, 5) is 4.58. The van der Waals surface area contributed by atoms with Gasteiger partial charge in [0.15, 0.2) is 0 Å². The number of hydrogen-bond acceptors (Lipinski definition) is 2. The van der Waals surface area contributed by atoms with Gasteiger partial charge in [0.05, 0.1) is 9.99 Å². The van der Waals surface area contributed by atoms with Crippen molar-refractivity contribution in [2.24, 2.45) is 0 Å². The highest BCUT2D eigenvalue weighted by Gasteiger charge is 2.18. The molecule has 0 unspecified atom stereocenters. The van der Waals surface area contributed by atoms with Crippen LogP contribution in [0.3, 0.4) is 0 Å². The highest BCUT2D eigenvalue weighted by molar-refractivity contribution is 9.10. The molecule has 0 spiro atoms. The average molecular weight is 311 g/mol. The van der Waals surface area contributed by atoms with Crippen molar-refractivity contribution in [1.82, 2.24) is 4.98 Å². The molecule has 18 heavy (non-hydrogen) atoms. The van der Waals surface area contributed by atoms with Crippen molar-refractivity contribution in [3.05, 3.63) is 33.2 Å². The number of anilines is 1. The van der Waals surface area contributed by atoms with Gasteiger partial charge in [-0.05, 0) is 52.9 Å². The van der Waals surface area contributed by atoms with E-state index in [1.807, 2.05) is 13.8 Å². The van der Waals surface area contributed by atoms with E-state index in [-0.39, 0.29) is 11.7 Å². The number of hydrogen-bond donors (Lipinski definition) is 1. The topological polar surface area (TPSA) is 38.9 Å². The molecular formula is C14H16BrFN2. The molecule has 1 aromatic heterocycles. The second kappa shape index (κ2) is 4.50. The number of nitrogens with two attached hydrogens (primary N) is 1. The molecule has 0 radical (unpaired) electrons. The molecule has 2 aromatic rings. The van der Waals surface area contributed by atoms with E-state index in [1.165, 1.54) is 6.07 Å². The molecule has 0 aliphatic carbocycles.